The molecule has 0 unspecified atom stereocenters. The number of rotatable bonds is 3. The summed E-state index contributed by atoms with van der Waals surface area (Å²) in [5.74, 6) is -0.607. The summed E-state index contributed by atoms with van der Waals surface area (Å²) in [7, 11) is 1.61. The molecule has 18 heavy (non-hydrogen) atoms. The largest absolute Gasteiger partial charge is 0.481 e. The summed E-state index contributed by atoms with van der Waals surface area (Å²) in [4.78, 5) is 24.3. The molecule has 2 rings (SSSR count). The van der Waals surface area contributed by atoms with E-state index in [1.807, 2.05) is 4.90 Å². The van der Waals surface area contributed by atoms with Gasteiger partial charge in [0.05, 0.1) is 11.9 Å². The van der Waals surface area contributed by atoms with Crippen molar-refractivity contribution in [1.29, 1.82) is 0 Å². The van der Waals surface area contributed by atoms with Gasteiger partial charge in [-0.3, -0.25) is 9.59 Å². The Morgan fingerprint density at radius 1 is 1.61 bits per heavy atom. The van der Waals surface area contributed by atoms with E-state index in [4.69, 9.17) is 5.11 Å². The van der Waals surface area contributed by atoms with Crippen molar-refractivity contribution in [3.63, 3.8) is 0 Å². The summed E-state index contributed by atoms with van der Waals surface area (Å²) in [5.41, 5.74) is 0.640. The van der Waals surface area contributed by atoms with Crippen LogP contribution in [0.3, 0.4) is 0 Å². The summed E-state index contributed by atoms with van der Waals surface area (Å²) in [6, 6.07) is 1.55. The molecule has 1 aromatic heterocycles. The maximum atomic E-state index is 11.5. The molecule has 0 aromatic carbocycles. The van der Waals surface area contributed by atoms with Crippen LogP contribution >= 0.6 is 0 Å². The average Bonchev–Trinajstić information content (AvgIpc) is 2.32. The summed E-state index contributed by atoms with van der Waals surface area (Å²) in [5, 5.41) is 12.8. The van der Waals surface area contributed by atoms with Gasteiger partial charge in [0, 0.05) is 32.6 Å². The third-order valence-electron chi connectivity index (χ3n) is 3.30. The highest BCUT2D eigenvalue weighted by atomic mass is 16.4. The third kappa shape index (κ3) is 2.88. The Balaban J connectivity index is 2.10. The molecule has 0 aliphatic carbocycles. The molecular weight excluding hydrogens is 234 g/mol. The van der Waals surface area contributed by atoms with E-state index in [0.29, 0.717) is 6.54 Å². The fraction of sp³-hybridized carbons (Fsp3) is 0.583. The van der Waals surface area contributed by atoms with E-state index in [2.05, 4.69) is 5.10 Å². The van der Waals surface area contributed by atoms with Crippen LogP contribution in [-0.2, 0) is 11.8 Å². The van der Waals surface area contributed by atoms with Crippen LogP contribution in [0.15, 0.2) is 17.1 Å². The van der Waals surface area contributed by atoms with Crippen LogP contribution in [0.2, 0.25) is 0 Å². The molecule has 98 valence electrons. The van der Waals surface area contributed by atoms with E-state index in [9.17, 15) is 9.59 Å². The Bertz CT molecular complexity index is 498. The Morgan fingerprint density at radius 2 is 2.39 bits per heavy atom. The molecule has 0 amide bonds. The van der Waals surface area contributed by atoms with Crippen molar-refractivity contribution in [1.82, 2.24) is 9.78 Å². The van der Waals surface area contributed by atoms with Crippen molar-refractivity contribution >= 4 is 11.7 Å². The molecular formula is C12H17N3O3. The van der Waals surface area contributed by atoms with Gasteiger partial charge in [-0.15, -0.1) is 0 Å². The normalized spacial score (nSPS) is 19.8. The Hall–Kier alpha value is -1.85. The fourth-order valence-electron chi connectivity index (χ4n) is 2.35. The van der Waals surface area contributed by atoms with Crippen LogP contribution < -0.4 is 10.5 Å². The first-order valence-electron chi connectivity index (χ1n) is 6.06. The molecule has 1 aliphatic heterocycles. The molecule has 0 saturated carbocycles. The Labute approximate surface area is 105 Å². The molecule has 1 N–H and O–H groups in total. The molecule has 6 heteroatoms. The number of anilines is 1. The van der Waals surface area contributed by atoms with Gasteiger partial charge in [-0.05, 0) is 18.8 Å². The first-order valence-corrected chi connectivity index (χ1v) is 6.06. The number of aliphatic carboxylic acids is 1. The van der Waals surface area contributed by atoms with Gasteiger partial charge in [-0.25, -0.2) is 4.68 Å². The number of aromatic nitrogens is 2. The number of aryl methyl sites for hydroxylation is 1. The molecule has 0 radical (unpaired) electrons. The number of carboxylic acids is 1. The molecule has 1 fully saturated rings. The van der Waals surface area contributed by atoms with Crippen molar-refractivity contribution in [3.05, 3.63) is 22.6 Å². The number of hydrogen-bond donors (Lipinski definition) is 1. The van der Waals surface area contributed by atoms with Crippen LogP contribution in [0.1, 0.15) is 19.3 Å². The minimum atomic E-state index is -0.760. The van der Waals surface area contributed by atoms with Gasteiger partial charge in [0.25, 0.3) is 5.56 Å². The second kappa shape index (κ2) is 5.20. The SMILES string of the molecule is Cn1ncc(N2CCC[C@@H](CC(=O)O)C2)cc1=O. The maximum absolute atomic E-state index is 11.5. The number of carboxylic acid groups (broad SMARTS) is 1. The molecule has 1 aromatic rings. The summed E-state index contributed by atoms with van der Waals surface area (Å²) in [6.45, 7) is 1.53. The summed E-state index contributed by atoms with van der Waals surface area (Å²) < 4.78 is 1.28. The molecule has 1 saturated heterocycles. The molecule has 2 heterocycles. The lowest BCUT2D eigenvalue weighted by Crippen LogP contribution is -2.37. The average molecular weight is 251 g/mol. The zero-order chi connectivity index (χ0) is 13.1. The fourth-order valence-corrected chi connectivity index (χ4v) is 2.35. The van der Waals surface area contributed by atoms with Gasteiger partial charge in [0.15, 0.2) is 0 Å². The van der Waals surface area contributed by atoms with Crippen molar-refractivity contribution in [2.24, 2.45) is 13.0 Å². The van der Waals surface area contributed by atoms with E-state index >= 15 is 0 Å². The maximum Gasteiger partial charge on any atom is 0.303 e. The topological polar surface area (TPSA) is 75.4 Å². The highest BCUT2D eigenvalue weighted by Crippen LogP contribution is 2.23. The van der Waals surface area contributed by atoms with E-state index in [0.717, 1.165) is 25.1 Å². The predicted octanol–water partition coefficient (Wildman–Crippen LogP) is 0.471. The molecule has 0 bridgehead atoms. The molecule has 0 spiro atoms. The molecule has 6 nitrogen and oxygen atoms in total. The third-order valence-corrected chi connectivity index (χ3v) is 3.30. The first-order chi connectivity index (χ1) is 8.56. The quantitative estimate of drug-likeness (QED) is 0.845. The Morgan fingerprint density at radius 3 is 3.06 bits per heavy atom. The first kappa shape index (κ1) is 12.6. The van der Waals surface area contributed by atoms with Crippen LogP contribution in [0.5, 0.6) is 0 Å². The van der Waals surface area contributed by atoms with Crippen molar-refractivity contribution in [3.8, 4) is 0 Å². The smallest absolute Gasteiger partial charge is 0.303 e. The van der Waals surface area contributed by atoms with Crippen LogP contribution in [0, 0.1) is 5.92 Å². The van der Waals surface area contributed by atoms with Crippen molar-refractivity contribution in [2.45, 2.75) is 19.3 Å². The van der Waals surface area contributed by atoms with E-state index in [1.54, 1.807) is 19.3 Å². The van der Waals surface area contributed by atoms with Crippen molar-refractivity contribution < 1.29 is 9.90 Å². The van der Waals surface area contributed by atoms with Gasteiger partial charge in [-0.1, -0.05) is 0 Å². The Kier molecular flexibility index (Phi) is 3.64. The van der Waals surface area contributed by atoms with Gasteiger partial charge < -0.3 is 10.0 Å². The lowest BCUT2D eigenvalue weighted by atomic mass is 9.94. The zero-order valence-corrected chi connectivity index (χ0v) is 10.4. The van der Waals surface area contributed by atoms with Gasteiger partial charge >= 0.3 is 5.97 Å². The lowest BCUT2D eigenvalue weighted by molar-refractivity contribution is -0.138. The minimum Gasteiger partial charge on any atom is -0.481 e. The number of piperidine rings is 1. The number of carbonyl (C=O) groups is 1. The highest BCUT2D eigenvalue weighted by molar-refractivity contribution is 5.67. The zero-order valence-electron chi connectivity index (χ0n) is 10.4. The predicted molar refractivity (Wildman–Crippen MR) is 66.7 cm³/mol. The van der Waals surface area contributed by atoms with E-state index in [1.165, 1.54) is 4.68 Å². The molecule has 1 aliphatic rings. The number of hydrogen-bond acceptors (Lipinski definition) is 4. The standard InChI is InChI=1S/C12H17N3O3/c1-14-11(16)6-10(7-13-14)15-4-2-3-9(8-15)5-12(17)18/h6-7,9H,2-5,8H2,1H3,(H,17,18)/t9-/m0/s1. The second-order valence-corrected chi connectivity index (χ2v) is 4.73. The highest BCUT2D eigenvalue weighted by Gasteiger charge is 2.22. The van der Waals surface area contributed by atoms with Gasteiger partial charge in [0.2, 0.25) is 0 Å². The number of nitrogens with zero attached hydrogens (tertiary/aromatic N) is 3. The van der Waals surface area contributed by atoms with Crippen LogP contribution in [0.25, 0.3) is 0 Å². The summed E-state index contributed by atoms with van der Waals surface area (Å²) in [6.07, 6.45) is 3.73. The second-order valence-electron chi connectivity index (χ2n) is 4.73. The van der Waals surface area contributed by atoms with Crippen molar-refractivity contribution in [2.75, 3.05) is 18.0 Å². The molecule has 1 atom stereocenters. The summed E-state index contributed by atoms with van der Waals surface area (Å²) >= 11 is 0. The lowest BCUT2D eigenvalue weighted by Gasteiger charge is -2.33. The minimum absolute atomic E-state index is 0.146. The van der Waals surface area contributed by atoms with E-state index < -0.39 is 5.97 Å². The van der Waals surface area contributed by atoms with Gasteiger partial charge in [0.1, 0.15) is 0 Å². The van der Waals surface area contributed by atoms with Crippen LogP contribution in [-0.4, -0.2) is 33.9 Å². The monoisotopic (exact) mass is 251 g/mol. The van der Waals surface area contributed by atoms with Gasteiger partial charge in [-0.2, -0.15) is 5.10 Å². The van der Waals surface area contributed by atoms with E-state index in [-0.39, 0.29) is 17.9 Å². The van der Waals surface area contributed by atoms with Crippen LogP contribution in [0.4, 0.5) is 5.69 Å².